The number of rotatable bonds is 51. The van der Waals surface area contributed by atoms with Gasteiger partial charge in [-0.3, -0.25) is 9.59 Å². The molecule has 0 bridgehead atoms. The fraction of sp³-hybridized carbons (Fsp3) is 0.797. The Morgan fingerprint density at radius 2 is 0.703 bits per heavy atom. The van der Waals surface area contributed by atoms with Crippen LogP contribution >= 0.6 is 0 Å². The predicted molar refractivity (Wildman–Crippen MR) is 279 cm³/mol. The molecule has 0 aromatic carbocycles. The highest BCUT2D eigenvalue weighted by atomic mass is 16.6. The molecule has 1 unspecified atom stereocenters. The fourth-order valence-electron chi connectivity index (χ4n) is 7.91. The molecule has 0 saturated heterocycles. The summed E-state index contributed by atoms with van der Waals surface area (Å²) in [6.07, 6.45) is 69.5. The molecule has 64 heavy (non-hydrogen) atoms. The van der Waals surface area contributed by atoms with E-state index >= 15 is 0 Å². The molecule has 0 N–H and O–H groups in total. The first-order valence-corrected chi connectivity index (χ1v) is 27.8. The van der Waals surface area contributed by atoms with Crippen LogP contribution in [0.1, 0.15) is 278 Å². The van der Waals surface area contributed by atoms with Gasteiger partial charge in [0.1, 0.15) is 6.61 Å². The van der Waals surface area contributed by atoms with Crippen molar-refractivity contribution in [1.82, 2.24) is 0 Å². The monoisotopic (exact) mass is 895 g/mol. The van der Waals surface area contributed by atoms with E-state index in [-0.39, 0.29) is 25.2 Å². The topological polar surface area (TPSA) is 61.8 Å². The van der Waals surface area contributed by atoms with E-state index in [4.69, 9.17) is 14.2 Å². The largest absolute Gasteiger partial charge is 0.462 e. The maximum absolute atomic E-state index is 12.8. The first kappa shape index (κ1) is 61.6. The van der Waals surface area contributed by atoms with Crippen LogP contribution in [0.3, 0.4) is 0 Å². The van der Waals surface area contributed by atoms with Gasteiger partial charge >= 0.3 is 11.9 Å². The van der Waals surface area contributed by atoms with E-state index in [1.807, 2.05) is 0 Å². The lowest BCUT2D eigenvalue weighted by Gasteiger charge is -2.18. The Bertz CT molecular complexity index is 1100. The highest BCUT2D eigenvalue weighted by Crippen LogP contribution is 2.15. The zero-order chi connectivity index (χ0) is 46.3. The normalized spacial score (nSPS) is 12.6. The van der Waals surface area contributed by atoms with Crippen molar-refractivity contribution in [3.8, 4) is 0 Å². The molecule has 0 aromatic heterocycles. The minimum absolute atomic E-state index is 0.0784. The Balaban J connectivity index is 4.23. The molecule has 0 aliphatic rings. The summed E-state index contributed by atoms with van der Waals surface area (Å²) in [4.78, 5) is 25.4. The first-order chi connectivity index (χ1) is 31.6. The number of allylic oxidation sites excluding steroid dienone is 10. The van der Waals surface area contributed by atoms with Crippen LogP contribution in [0.4, 0.5) is 0 Å². The van der Waals surface area contributed by atoms with Crippen molar-refractivity contribution in [2.75, 3.05) is 19.8 Å². The van der Waals surface area contributed by atoms with Gasteiger partial charge in [0.2, 0.25) is 0 Å². The summed E-state index contributed by atoms with van der Waals surface area (Å²) in [6.45, 7) is 7.70. The minimum atomic E-state index is -0.545. The molecule has 0 aromatic rings. The second kappa shape index (κ2) is 54.9. The average Bonchev–Trinajstić information content (AvgIpc) is 3.30. The highest BCUT2D eigenvalue weighted by molar-refractivity contribution is 5.70. The van der Waals surface area contributed by atoms with Crippen molar-refractivity contribution >= 4 is 11.9 Å². The molecule has 0 aliphatic heterocycles. The van der Waals surface area contributed by atoms with Gasteiger partial charge in [0.15, 0.2) is 6.10 Å². The van der Waals surface area contributed by atoms with Crippen LogP contribution in [0.5, 0.6) is 0 Å². The van der Waals surface area contributed by atoms with Crippen molar-refractivity contribution in [3.05, 3.63) is 60.8 Å². The van der Waals surface area contributed by atoms with Gasteiger partial charge in [-0.05, 0) is 83.5 Å². The van der Waals surface area contributed by atoms with Crippen LogP contribution < -0.4 is 0 Å². The molecule has 0 saturated carbocycles. The number of ether oxygens (including phenoxy) is 3. The lowest BCUT2D eigenvalue weighted by atomic mass is 10.1. The number of carbonyl (C=O) groups is 2. The lowest BCUT2D eigenvalue weighted by Crippen LogP contribution is -2.30. The van der Waals surface area contributed by atoms with Crippen molar-refractivity contribution in [1.29, 1.82) is 0 Å². The van der Waals surface area contributed by atoms with Gasteiger partial charge in [0.25, 0.3) is 0 Å². The zero-order valence-corrected chi connectivity index (χ0v) is 42.8. The minimum Gasteiger partial charge on any atom is -0.462 e. The number of hydrogen-bond donors (Lipinski definition) is 0. The number of carbonyl (C=O) groups excluding carboxylic acids is 2. The maximum Gasteiger partial charge on any atom is 0.306 e. The summed E-state index contributed by atoms with van der Waals surface area (Å²) in [5.41, 5.74) is 0. The van der Waals surface area contributed by atoms with Gasteiger partial charge in [-0.1, -0.05) is 242 Å². The third-order valence-electron chi connectivity index (χ3n) is 12.0. The van der Waals surface area contributed by atoms with Crippen LogP contribution in [0.15, 0.2) is 60.8 Å². The van der Waals surface area contributed by atoms with Crippen LogP contribution in [-0.4, -0.2) is 37.9 Å². The average molecular weight is 895 g/mol. The lowest BCUT2D eigenvalue weighted by molar-refractivity contribution is -0.163. The second-order valence-corrected chi connectivity index (χ2v) is 18.5. The van der Waals surface area contributed by atoms with E-state index in [0.29, 0.717) is 19.4 Å². The SMILES string of the molecule is CC/C=C\C/C=C\C/C=C\C/C=C\CCCCCCCOCC(COC(=O)CCCCCCCCCCC/C=C\CCCCCCCC)OC(=O)CCCCCCCCCCCCC. The number of hydrogen-bond acceptors (Lipinski definition) is 5. The molecule has 1 atom stereocenters. The van der Waals surface area contributed by atoms with Crippen molar-refractivity contribution in [2.45, 2.75) is 284 Å². The summed E-state index contributed by atoms with van der Waals surface area (Å²) in [5, 5.41) is 0. The first-order valence-electron chi connectivity index (χ1n) is 27.8. The van der Waals surface area contributed by atoms with Crippen molar-refractivity contribution < 1.29 is 23.8 Å². The van der Waals surface area contributed by atoms with Gasteiger partial charge in [-0.15, -0.1) is 0 Å². The quantitative estimate of drug-likeness (QED) is 0.0346. The van der Waals surface area contributed by atoms with E-state index in [2.05, 4.69) is 81.5 Å². The van der Waals surface area contributed by atoms with Gasteiger partial charge < -0.3 is 14.2 Å². The Morgan fingerprint density at radius 3 is 1.14 bits per heavy atom. The molecular formula is C59H106O5. The number of unbranched alkanes of at least 4 members (excludes halogenated alkanes) is 30. The highest BCUT2D eigenvalue weighted by Gasteiger charge is 2.17. The predicted octanol–water partition coefficient (Wildman–Crippen LogP) is 18.9. The number of esters is 2. The Kier molecular flexibility index (Phi) is 52.9. The van der Waals surface area contributed by atoms with Gasteiger partial charge in [0.05, 0.1) is 6.61 Å². The summed E-state index contributed by atoms with van der Waals surface area (Å²) in [7, 11) is 0. The van der Waals surface area contributed by atoms with Crippen LogP contribution in [0.25, 0.3) is 0 Å². The maximum atomic E-state index is 12.8. The molecule has 5 nitrogen and oxygen atoms in total. The van der Waals surface area contributed by atoms with E-state index in [1.165, 1.54) is 173 Å². The van der Waals surface area contributed by atoms with E-state index < -0.39 is 6.10 Å². The van der Waals surface area contributed by atoms with Crippen molar-refractivity contribution in [2.24, 2.45) is 0 Å². The van der Waals surface area contributed by atoms with Gasteiger partial charge in [-0.2, -0.15) is 0 Å². The molecule has 5 heteroatoms. The van der Waals surface area contributed by atoms with Crippen LogP contribution in [-0.2, 0) is 23.8 Å². The summed E-state index contributed by atoms with van der Waals surface area (Å²) in [5.74, 6) is -0.401. The molecule has 372 valence electrons. The zero-order valence-electron chi connectivity index (χ0n) is 42.8. The van der Waals surface area contributed by atoms with Crippen LogP contribution in [0.2, 0.25) is 0 Å². The Morgan fingerprint density at radius 1 is 0.359 bits per heavy atom. The summed E-state index contributed by atoms with van der Waals surface area (Å²) >= 11 is 0. The summed E-state index contributed by atoms with van der Waals surface area (Å²) < 4.78 is 17.4. The van der Waals surface area contributed by atoms with Gasteiger partial charge in [0, 0.05) is 19.4 Å². The third kappa shape index (κ3) is 52.2. The molecule has 0 radical (unpaired) electrons. The smallest absolute Gasteiger partial charge is 0.306 e. The molecule has 0 fully saturated rings. The summed E-state index contributed by atoms with van der Waals surface area (Å²) in [6, 6.07) is 0. The standard InChI is InChI=1S/C59H106O5/c1-4-7-10-13-16-19-22-24-26-28-30-31-33-35-38-40-43-46-49-52-58(60)63-56-57(64-59(61)53-50-47-44-41-37-21-18-15-12-9-6-3)55-62-54-51-48-45-42-39-36-34-32-29-27-25-23-20-17-14-11-8-5-2/h8,11,17,20,24-27,32,34,57H,4-7,9-10,12-16,18-19,21-23,28-31,33,35-56H2,1-3H3/b11-8-,20-17-,26-24-,27-25-,34-32-. The van der Waals surface area contributed by atoms with Crippen LogP contribution in [0, 0.1) is 0 Å². The second-order valence-electron chi connectivity index (χ2n) is 18.5. The molecule has 0 amide bonds. The van der Waals surface area contributed by atoms with Crippen molar-refractivity contribution in [3.63, 3.8) is 0 Å². The van der Waals surface area contributed by atoms with E-state index in [0.717, 1.165) is 70.6 Å². The molecule has 0 spiro atoms. The van der Waals surface area contributed by atoms with Gasteiger partial charge in [-0.25, -0.2) is 0 Å². The van der Waals surface area contributed by atoms with E-state index in [1.54, 1.807) is 0 Å². The van der Waals surface area contributed by atoms with E-state index in [9.17, 15) is 9.59 Å². The molecule has 0 heterocycles. The fourth-order valence-corrected chi connectivity index (χ4v) is 7.91. The Labute approximate surface area is 398 Å². The molecular weight excluding hydrogens is 789 g/mol. The molecule has 0 aliphatic carbocycles. The Hall–Kier alpha value is -2.40. The third-order valence-corrected chi connectivity index (χ3v) is 12.0. The molecule has 0 rings (SSSR count).